The Labute approximate surface area is 97.9 Å². The summed E-state index contributed by atoms with van der Waals surface area (Å²) in [5, 5.41) is 0. The van der Waals surface area contributed by atoms with E-state index in [0.717, 1.165) is 13.1 Å². The van der Waals surface area contributed by atoms with Gasteiger partial charge in [0.1, 0.15) is 0 Å². The van der Waals surface area contributed by atoms with Gasteiger partial charge in [0.05, 0.1) is 0 Å². The van der Waals surface area contributed by atoms with Gasteiger partial charge in [-0.15, -0.1) is 0 Å². The van der Waals surface area contributed by atoms with Crippen molar-refractivity contribution >= 4 is 0 Å². The molecule has 0 unspecified atom stereocenters. The normalized spacial score (nSPS) is 21.6. The molecule has 0 atom stereocenters. The molecule has 0 saturated heterocycles. The second-order valence-electron chi connectivity index (χ2n) is 5.37. The number of likely N-dealkylation sites (N-methyl/N-ethyl adjacent to an activating group) is 2. The molecule has 0 N–H and O–H groups in total. The Morgan fingerprint density at radius 3 is 1.69 bits per heavy atom. The molecular weight excluding hydrogens is 196 g/mol. The summed E-state index contributed by atoms with van der Waals surface area (Å²) in [5.41, 5.74) is 6.31. The highest BCUT2D eigenvalue weighted by atomic mass is 15.1. The fraction of sp³-hybridized carbons (Fsp3) is 0.571. The highest BCUT2D eigenvalue weighted by Crippen LogP contribution is 2.26. The first kappa shape index (κ1) is 10.3. The molecule has 0 bridgehead atoms. The summed E-state index contributed by atoms with van der Waals surface area (Å²) in [6.45, 7) is 4.69. The monoisotopic (exact) mass is 216 g/mol. The molecule has 2 nitrogen and oxygen atoms in total. The molecule has 2 heteroatoms. The SMILES string of the molecule is CN1CCc2cc3c(cc2C1)CN(C)CC3. The lowest BCUT2D eigenvalue weighted by molar-refractivity contribution is 0.303. The maximum atomic E-state index is 2.48. The van der Waals surface area contributed by atoms with Gasteiger partial charge < -0.3 is 9.80 Å². The smallest absolute Gasteiger partial charge is 0.0233 e. The lowest BCUT2D eigenvalue weighted by atomic mass is 9.90. The van der Waals surface area contributed by atoms with E-state index in [0.29, 0.717) is 0 Å². The largest absolute Gasteiger partial charge is 0.302 e. The van der Waals surface area contributed by atoms with E-state index in [4.69, 9.17) is 0 Å². The van der Waals surface area contributed by atoms with Crippen LogP contribution in [0.25, 0.3) is 0 Å². The van der Waals surface area contributed by atoms with E-state index in [1.807, 2.05) is 0 Å². The first-order valence-corrected chi connectivity index (χ1v) is 6.23. The molecule has 16 heavy (non-hydrogen) atoms. The molecule has 3 rings (SSSR count). The quantitative estimate of drug-likeness (QED) is 0.651. The minimum Gasteiger partial charge on any atom is -0.302 e. The third kappa shape index (κ3) is 1.76. The Morgan fingerprint density at radius 1 is 0.750 bits per heavy atom. The van der Waals surface area contributed by atoms with Crippen molar-refractivity contribution in [2.75, 3.05) is 27.2 Å². The fourth-order valence-electron chi connectivity index (χ4n) is 2.91. The Balaban J connectivity index is 1.99. The Hall–Kier alpha value is -0.860. The summed E-state index contributed by atoms with van der Waals surface area (Å²) in [7, 11) is 4.43. The number of fused-ring (bicyclic) bond motifs is 2. The zero-order chi connectivity index (χ0) is 11.1. The van der Waals surface area contributed by atoms with Crippen LogP contribution in [0.1, 0.15) is 22.3 Å². The van der Waals surface area contributed by atoms with E-state index in [9.17, 15) is 0 Å². The van der Waals surface area contributed by atoms with Crippen molar-refractivity contribution in [1.29, 1.82) is 0 Å². The van der Waals surface area contributed by atoms with E-state index >= 15 is 0 Å². The van der Waals surface area contributed by atoms with Gasteiger partial charge in [-0.3, -0.25) is 0 Å². The van der Waals surface area contributed by atoms with Gasteiger partial charge in [0.2, 0.25) is 0 Å². The molecule has 2 aliphatic rings. The second kappa shape index (κ2) is 3.86. The molecule has 0 saturated carbocycles. The third-order valence-electron chi connectivity index (χ3n) is 3.93. The van der Waals surface area contributed by atoms with E-state index in [1.165, 1.54) is 25.9 Å². The predicted molar refractivity (Wildman–Crippen MR) is 66.5 cm³/mol. The maximum absolute atomic E-state index is 2.48. The van der Waals surface area contributed by atoms with Crippen LogP contribution in [0.15, 0.2) is 12.1 Å². The standard InChI is InChI=1S/C14H20N2/c1-15-5-3-11-7-12-4-6-16(2)10-14(12)8-13(11)9-15/h7-8H,3-6,9-10H2,1-2H3. The van der Waals surface area contributed by atoms with E-state index in [2.05, 4.69) is 36.0 Å². The van der Waals surface area contributed by atoms with Crippen LogP contribution >= 0.6 is 0 Å². The average molecular weight is 216 g/mol. The van der Waals surface area contributed by atoms with Crippen molar-refractivity contribution in [1.82, 2.24) is 9.80 Å². The van der Waals surface area contributed by atoms with Crippen LogP contribution in [0.5, 0.6) is 0 Å². The van der Waals surface area contributed by atoms with Gasteiger partial charge in [-0.2, -0.15) is 0 Å². The summed E-state index contributed by atoms with van der Waals surface area (Å²) in [6.07, 6.45) is 2.46. The van der Waals surface area contributed by atoms with Crippen molar-refractivity contribution in [3.63, 3.8) is 0 Å². The minimum atomic E-state index is 1.13. The lowest BCUT2D eigenvalue weighted by Gasteiger charge is -2.30. The van der Waals surface area contributed by atoms with Crippen LogP contribution in [0.2, 0.25) is 0 Å². The first-order valence-electron chi connectivity index (χ1n) is 6.23. The Morgan fingerprint density at radius 2 is 1.19 bits per heavy atom. The molecule has 1 aromatic rings. The minimum absolute atomic E-state index is 1.13. The van der Waals surface area contributed by atoms with Gasteiger partial charge in [0.15, 0.2) is 0 Å². The zero-order valence-electron chi connectivity index (χ0n) is 10.3. The van der Waals surface area contributed by atoms with Crippen molar-refractivity contribution in [3.8, 4) is 0 Å². The Bertz CT molecular complexity index is 376. The Kier molecular flexibility index (Phi) is 2.49. The van der Waals surface area contributed by atoms with Crippen LogP contribution in [0.3, 0.4) is 0 Å². The third-order valence-corrected chi connectivity index (χ3v) is 3.93. The molecule has 1 aromatic carbocycles. The fourth-order valence-corrected chi connectivity index (χ4v) is 2.91. The van der Waals surface area contributed by atoms with Gasteiger partial charge >= 0.3 is 0 Å². The summed E-state index contributed by atoms with van der Waals surface area (Å²) < 4.78 is 0. The van der Waals surface area contributed by atoms with Crippen molar-refractivity contribution in [3.05, 3.63) is 34.4 Å². The number of hydrogen-bond donors (Lipinski definition) is 0. The van der Waals surface area contributed by atoms with Crippen LogP contribution in [-0.2, 0) is 25.9 Å². The number of hydrogen-bond acceptors (Lipinski definition) is 2. The maximum Gasteiger partial charge on any atom is 0.0233 e. The van der Waals surface area contributed by atoms with Gasteiger partial charge in [-0.25, -0.2) is 0 Å². The topological polar surface area (TPSA) is 6.48 Å². The van der Waals surface area contributed by atoms with Crippen LogP contribution in [0.4, 0.5) is 0 Å². The summed E-state index contributed by atoms with van der Waals surface area (Å²) in [5.74, 6) is 0. The van der Waals surface area contributed by atoms with Gasteiger partial charge in [-0.05, 0) is 49.2 Å². The van der Waals surface area contributed by atoms with Crippen LogP contribution in [0, 0.1) is 0 Å². The van der Waals surface area contributed by atoms with Crippen LogP contribution < -0.4 is 0 Å². The molecule has 0 aromatic heterocycles. The van der Waals surface area contributed by atoms with Gasteiger partial charge in [0.25, 0.3) is 0 Å². The number of benzene rings is 1. The summed E-state index contributed by atoms with van der Waals surface area (Å²) in [6, 6.07) is 4.93. The van der Waals surface area contributed by atoms with E-state index in [1.54, 1.807) is 22.3 Å². The van der Waals surface area contributed by atoms with Crippen molar-refractivity contribution < 1.29 is 0 Å². The average Bonchev–Trinajstić information content (AvgIpc) is 2.26. The van der Waals surface area contributed by atoms with E-state index < -0.39 is 0 Å². The number of rotatable bonds is 0. The molecule has 0 radical (unpaired) electrons. The van der Waals surface area contributed by atoms with E-state index in [-0.39, 0.29) is 0 Å². The molecular formula is C14H20N2. The van der Waals surface area contributed by atoms with Crippen molar-refractivity contribution in [2.45, 2.75) is 25.9 Å². The highest BCUT2D eigenvalue weighted by molar-refractivity contribution is 5.40. The molecule has 2 aliphatic heterocycles. The molecule has 0 spiro atoms. The summed E-state index contributed by atoms with van der Waals surface area (Å²) in [4.78, 5) is 4.84. The highest BCUT2D eigenvalue weighted by Gasteiger charge is 2.19. The van der Waals surface area contributed by atoms with Gasteiger partial charge in [0, 0.05) is 26.2 Å². The number of nitrogens with zero attached hydrogens (tertiary/aromatic N) is 2. The molecule has 0 aliphatic carbocycles. The lowest BCUT2D eigenvalue weighted by Crippen LogP contribution is -2.30. The summed E-state index contributed by atoms with van der Waals surface area (Å²) >= 11 is 0. The van der Waals surface area contributed by atoms with Crippen molar-refractivity contribution in [2.24, 2.45) is 0 Å². The molecule has 86 valence electrons. The van der Waals surface area contributed by atoms with Crippen LogP contribution in [-0.4, -0.2) is 37.0 Å². The molecule has 0 fully saturated rings. The molecule has 2 heterocycles. The van der Waals surface area contributed by atoms with Gasteiger partial charge in [-0.1, -0.05) is 12.1 Å². The predicted octanol–water partition coefficient (Wildman–Crippen LogP) is 1.66. The zero-order valence-corrected chi connectivity index (χ0v) is 10.3. The second-order valence-corrected chi connectivity index (χ2v) is 5.37. The first-order chi connectivity index (χ1) is 7.72. The molecule has 0 amide bonds.